The number of hydrogen-bond acceptors (Lipinski definition) is 7. The molecule has 27 heavy (non-hydrogen) atoms. The van der Waals surface area contributed by atoms with E-state index in [9.17, 15) is 19.2 Å². The molecule has 1 aromatic carbocycles. The summed E-state index contributed by atoms with van der Waals surface area (Å²) in [5.74, 6) is -1.16. The molecule has 0 aromatic heterocycles. The topological polar surface area (TPSA) is 120 Å². The van der Waals surface area contributed by atoms with E-state index in [-0.39, 0.29) is 23.3 Å². The van der Waals surface area contributed by atoms with Crippen LogP contribution in [0, 0.1) is 0 Å². The summed E-state index contributed by atoms with van der Waals surface area (Å²) in [6, 6.07) is 3.78. The van der Waals surface area contributed by atoms with Gasteiger partial charge in [-0.15, -0.1) is 0 Å². The van der Waals surface area contributed by atoms with Gasteiger partial charge in [0.25, 0.3) is 5.91 Å². The number of carbonyl (C=O) groups is 4. The molecule has 1 aromatic rings. The molecule has 148 valence electrons. The number of imide groups is 1. The Balaban J connectivity index is 2.44. The lowest BCUT2D eigenvalue weighted by Crippen LogP contribution is -2.44. The molecule has 1 atom stereocenters. The lowest BCUT2D eigenvalue weighted by atomic mass is 10.1. The fourth-order valence-electron chi connectivity index (χ4n) is 1.85. The molecule has 0 aliphatic heterocycles. The van der Waals surface area contributed by atoms with E-state index < -0.39 is 31.1 Å². The fraction of sp³-hybridized carbons (Fsp3) is 0.444. The van der Waals surface area contributed by atoms with Crippen molar-refractivity contribution in [3.05, 3.63) is 23.8 Å². The molecular weight excluding hydrogens is 356 g/mol. The number of urea groups is 1. The highest BCUT2D eigenvalue weighted by atomic mass is 16.6. The summed E-state index contributed by atoms with van der Waals surface area (Å²) < 4.78 is 15.1. The highest BCUT2D eigenvalue weighted by Gasteiger charge is 2.14. The lowest BCUT2D eigenvalue weighted by Gasteiger charge is -2.12. The molecule has 0 aliphatic carbocycles. The zero-order valence-electron chi connectivity index (χ0n) is 15.8. The summed E-state index contributed by atoms with van der Waals surface area (Å²) in [5.41, 5.74) is 0.439. The molecule has 1 rings (SSSR count). The highest BCUT2D eigenvalue weighted by Crippen LogP contribution is 2.28. The van der Waals surface area contributed by atoms with Crippen molar-refractivity contribution >= 4 is 23.7 Å². The lowest BCUT2D eigenvalue weighted by molar-refractivity contribution is -0.150. The number of benzene rings is 1. The minimum Gasteiger partial charge on any atom is -0.493 e. The molecule has 0 saturated carbocycles. The first kappa shape index (κ1) is 21.9. The first-order chi connectivity index (χ1) is 12.8. The molecule has 0 unspecified atom stereocenters. The number of nitrogens with one attached hydrogen (secondary N) is 2. The Kier molecular flexibility index (Phi) is 8.77. The van der Waals surface area contributed by atoms with Gasteiger partial charge in [-0.05, 0) is 38.5 Å². The van der Waals surface area contributed by atoms with Crippen molar-refractivity contribution in [2.75, 3.05) is 20.3 Å². The van der Waals surface area contributed by atoms with Gasteiger partial charge in [0, 0.05) is 11.6 Å². The molecule has 9 nitrogen and oxygen atoms in total. The largest absolute Gasteiger partial charge is 0.493 e. The molecule has 0 bridgehead atoms. The molecule has 0 heterocycles. The van der Waals surface area contributed by atoms with Crippen molar-refractivity contribution in [2.45, 2.75) is 33.2 Å². The standard InChI is InChI=1S/C18H24N2O7/c1-5-11(2)19-18(24)20-16(22)9-27-17(23)10-26-14-7-6-13(12(3)21)8-15(14)25-4/h6-8,11H,5,9-10H2,1-4H3,(H2,19,20,22,24)/t11-/m0/s1. The number of rotatable bonds is 9. The smallest absolute Gasteiger partial charge is 0.344 e. The maximum Gasteiger partial charge on any atom is 0.344 e. The second-order valence-electron chi connectivity index (χ2n) is 5.70. The van der Waals surface area contributed by atoms with Crippen molar-refractivity contribution in [2.24, 2.45) is 0 Å². The average Bonchev–Trinajstić information content (AvgIpc) is 2.63. The molecule has 9 heteroatoms. The van der Waals surface area contributed by atoms with Crippen LogP contribution in [-0.4, -0.2) is 50.1 Å². The van der Waals surface area contributed by atoms with Gasteiger partial charge in [0.05, 0.1) is 7.11 Å². The van der Waals surface area contributed by atoms with Crippen molar-refractivity contribution < 1.29 is 33.4 Å². The van der Waals surface area contributed by atoms with E-state index in [4.69, 9.17) is 14.2 Å². The monoisotopic (exact) mass is 380 g/mol. The fourth-order valence-corrected chi connectivity index (χ4v) is 1.85. The van der Waals surface area contributed by atoms with Crippen LogP contribution in [-0.2, 0) is 14.3 Å². The van der Waals surface area contributed by atoms with Crippen molar-refractivity contribution in [3.63, 3.8) is 0 Å². The maximum atomic E-state index is 11.7. The van der Waals surface area contributed by atoms with Gasteiger partial charge in [-0.2, -0.15) is 0 Å². The minimum absolute atomic E-state index is 0.0851. The van der Waals surface area contributed by atoms with E-state index in [1.807, 2.05) is 6.92 Å². The quantitative estimate of drug-likeness (QED) is 0.491. The first-order valence-electron chi connectivity index (χ1n) is 8.34. The molecule has 2 N–H and O–H groups in total. The van der Waals surface area contributed by atoms with Crippen LogP contribution in [0.25, 0.3) is 0 Å². The predicted octanol–water partition coefficient (Wildman–Crippen LogP) is 1.44. The number of ketones is 1. The van der Waals surface area contributed by atoms with Crippen LogP contribution >= 0.6 is 0 Å². The van der Waals surface area contributed by atoms with Crippen molar-refractivity contribution in [3.8, 4) is 11.5 Å². The number of Topliss-reactive ketones (excluding diaryl/α,β-unsaturated/α-hetero) is 1. The second kappa shape index (κ2) is 10.8. The normalized spacial score (nSPS) is 11.1. The Hall–Kier alpha value is -3.10. The number of carbonyl (C=O) groups excluding carboxylic acids is 4. The summed E-state index contributed by atoms with van der Waals surface area (Å²) in [6.07, 6.45) is 0.713. The van der Waals surface area contributed by atoms with E-state index in [0.717, 1.165) is 0 Å². The zero-order valence-corrected chi connectivity index (χ0v) is 15.8. The number of hydrogen-bond donors (Lipinski definition) is 2. The zero-order chi connectivity index (χ0) is 20.4. The Morgan fingerprint density at radius 3 is 2.41 bits per heavy atom. The van der Waals surface area contributed by atoms with Crippen molar-refractivity contribution in [1.29, 1.82) is 0 Å². The molecule has 0 aliphatic rings. The average molecular weight is 380 g/mol. The number of ether oxygens (including phenoxy) is 3. The molecule has 0 spiro atoms. The van der Waals surface area contributed by atoms with Crippen molar-refractivity contribution in [1.82, 2.24) is 10.6 Å². The minimum atomic E-state index is -0.801. The number of esters is 1. The summed E-state index contributed by atoms with van der Waals surface area (Å²) in [4.78, 5) is 46.1. The third-order valence-electron chi connectivity index (χ3n) is 3.52. The maximum absolute atomic E-state index is 11.7. The summed E-state index contributed by atoms with van der Waals surface area (Å²) in [5, 5.41) is 4.60. The van der Waals surface area contributed by atoms with Crippen LogP contribution in [0.3, 0.4) is 0 Å². The molecule has 0 radical (unpaired) electrons. The third kappa shape index (κ3) is 7.76. The second-order valence-corrected chi connectivity index (χ2v) is 5.70. The molecule has 3 amide bonds. The van der Waals surface area contributed by atoms with E-state index in [0.29, 0.717) is 12.0 Å². The van der Waals surface area contributed by atoms with Gasteiger partial charge in [0.2, 0.25) is 0 Å². The third-order valence-corrected chi connectivity index (χ3v) is 3.52. The molecule has 0 saturated heterocycles. The number of methoxy groups -OCH3 is 1. The Morgan fingerprint density at radius 1 is 1.11 bits per heavy atom. The Morgan fingerprint density at radius 2 is 1.81 bits per heavy atom. The summed E-state index contributed by atoms with van der Waals surface area (Å²) in [7, 11) is 1.40. The van der Waals surface area contributed by atoms with E-state index in [1.54, 1.807) is 6.92 Å². The summed E-state index contributed by atoms with van der Waals surface area (Å²) >= 11 is 0. The van der Waals surface area contributed by atoms with Gasteiger partial charge >= 0.3 is 12.0 Å². The Bertz CT molecular complexity index is 703. The highest BCUT2D eigenvalue weighted by molar-refractivity contribution is 5.96. The van der Waals surface area contributed by atoms with Gasteiger partial charge in [-0.1, -0.05) is 6.92 Å². The first-order valence-corrected chi connectivity index (χ1v) is 8.34. The van der Waals surface area contributed by atoms with E-state index in [1.165, 1.54) is 32.2 Å². The van der Waals surface area contributed by atoms with Crippen LogP contribution in [0.2, 0.25) is 0 Å². The van der Waals surface area contributed by atoms with E-state index >= 15 is 0 Å². The van der Waals surface area contributed by atoms with Crippen LogP contribution in [0.4, 0.5) is 4.79 Å². The Labute approximate surface area is 157 Å². The molecule has 0 fully saturated rings. The van der Waals surface area contributed by atoms with E-state index in [2.05, 4.69) is 10.6 Å². The molecular formula is C18H24N2O7. The van der Waals surface area contributed by atoms with Gasteiger partial charge in [-0.25, -0.2) is 9.59 Å². The van der Waals surface area contributed by atoms with Crippen LogP contribution < -0.4 is 20.1 Å². The van der Waals surface area contributed by atoms with Gasteiger partial charge in [0.1, 0.15) is 0 Å². The predicted molar refractivity (Wildman–Crippen MR) is 95.9 cm³/mol. The van der Waals surface area contributed by atoms with Gasteiger partial charge in [0.15, 0.2) is 30.5 Å². The van der Waals surface area contributed by atoms with Gasteiger partial charge in [-0.3, -0.25) is 14.9 Å². The van der Waals surface area contributed by atoms with Crippen LogP contribution in [0.15, 0.2) is 18.2 Å². The SMILES string of the molecule is CC[C@H](C)NC(=O)NC(=O)COC(=O)COc1ccc(C(C)=O)cc1OC. The summed E-state index contributed by atoms with van der Waals surface area (Å²) in [6.45, 7) is 4.01. The van der Waals surface area contributed by atoms with Crippen LogP contribution in [0.1, 0.15) is 37.6 Å². The van der Waals surface area contributed by atoms with Crippen LogP contribution in [0.5, 0.6) is 11.5 Å². The number of amides is 3. The van der Waals surface area contributed by atoms with Gasteiger partial charge < -0.3 is 19.5 Å².